The normalized spacial score (nSPS) is 12.3. The summed E-state index contributed by atoms with van der Waals surface area (Å²) in [6.07, 6.45) is 2.80. The number of rotatable bonds is 3. The molecule has 3 aromatic heterocycles. The predicted molar refractivity (Wildman–Crippen MR) is 172 cm³/mol. The molecule has 8 aromatic rings. The first-order valence-corrected chi connectivity index (χ1v) is 14.4. The van der Waals surface area contributed by atoms with E-state index in [1.807, 2.05) is 24.4 Å². The van der Waals surface area contributed by atoms with Crippen LogP contribution in [0.2, 0.25) is 0 Å². The molecule has 1 aliphatic rings. The summed E-state index contributed by atoms with van der Waals surface area (Å²) in [5, 5.41) is 2.60. The lowest BCUT2D eigenvalue weighted by atomic mass is 10.0. The molecule has 0 amide bonds. The van der Waals surface area contributed by atoms with Gasteiger partial charge in [-0.05, 0) is 77.2 Å². The molecule has 0 unspecified atom stereocenters. The van der Waals surface area contributed by atoms with Crippen molar-refractivity contribution in [2.75, 3.05) is 0 Å². The minimum atomic E-state index is 0.947. The van der Waals surface area contributed by atoms with Crippen molar-refractivity contribution in [3.63, 3.8) is 0 Å². The Labute approximate surface area is 243 Å². The standard InChI is InChI=1S/C38H26N4/c1-41-34-15-5-4-14-33(34)40-38(41)26-16-17-30-36(23-26)42(27-11-8-10-25(21-27)32-13-6-7-20-39-32)35-19-18-29-28-12-3-2-9-24(28)22-31(29)37(30)35/h2-21,23H,22H2,1H3. The molecule has 0 bridgehead atoms. The van der Waals surface area contributed by atoms with Crippen LogP contribution < -0.4 is 0 Å². The number of aryl methyl sites for hydroxylation is 1. The van der Waals surface area contributed by atoms with E-state index in [0.717, 1.165) is 45.8 Å². The Bertz CT molecular complexity index is 2340. The third-order valence-electron chi connectivity index (χ3n) is 8.82. The molecule has 0 saturated heterocycles. The van der Waals surface area contributed by atoms with Gasteiger partial charge < -0.3 is 9.13 Å². The van der Waals surface area contributed by atoms with Crippen LogP contribution in [0.15, 0.2) is 128 Å². The molecule has 0 N–H and O–H groups in total. The topological polar surface area (TPSA) is 35.6 Å². The summed E-state index contributed by atoms with van der Waals surface area (Å²) in [4.78, 5) is 9.66. The van der Waals surface area contributed by atoms with Crippen molar-refractivity contribution in [3.8, 4) is 39.5 Å². The fraction of sp³-hybridized carbons (Fsp3) is 0.0526. The summed E-state index contributed by atoms with van der Waals surface area (Å²) in [5.74, 6) is 0.967. The van der Waals surface area contributed by atoms with E-state index >= 15 is 0 Å². The number of para-hydroxylation sites is 2. The van der Waals surface area contributed by atoms with Crippen molar-refractivity contribution in [2.45, 2.75) is 6.42 Å². The van der Waals surface area contributed by atoms with E-state index in [0.29, 0.717) is 0 Å². The van der Waals surface area contributed by atoms with Crippen LogP contribution in [0.5, 0.6) is 0 Å². The van der Waals surface area contributed by atoms with Crippen molar-refractivity contribution in [1.29, 1.82) is 0 Å². The van der Waals surface area contributed by atoms with Crippen LogP contribution in [-0.2, 0) is 13.5 Å². The molecule has 42 heavy (non-hydrogen) atoms. The molecular weight excluding hydrogens is 512 g/mol. The van der Waals surface area contributed by atoms with Crippen LogP contribution >= 0.6 is 0 Å². The zero-order chi connectivity index (χ0) is 27.8. The lowest BCUT2D eigenvalue weighted by molar-refractivity contribution is 0.959. The maximum atomic E-state index is 5.03. The highest BCUT2D eigenvalue weighted by Gasteiger charge is 2.25. The van der Waals surface area contributed by atoms with Gasteiger partial charge in [-0.25, -0.2) is 4.98 Å². The van der Waals surface area contributed by atoms with E-state index in [4.69, 9.17) is 4.98 Å². The Morgan fingerprint density at radius 3 is 2.43 bits per heavy atom. The quantitative estimate of drug-likeness (QED) is 0.225. The van der Waals surface area contributed by atoms with E-state index < -0.39 is 0 Å². The second-order valence-corrected chi connectivity index (χ2v) is 11.1. The first-order valence-electron chi connectivity index (χ1n) is 14.4. The van der Waals surface area contributed by atoms with Gasteiger partial charge in [0.2, 0.25) is 0 Å². The molecule has 5 aromatic carbocycles. The Morgan fingerprint density at radius 2 is 1.52 bits per heavy atom. The molecule has 4 heteroatoms. The van der Waals surface area contributed by atoms with Gasteiger partial charge in [0.15, 0.2) is 0 Å². The van der Waals surface area contributed by atoms with Gasteiger partial charge in [-0.15, -0.1) is 0 Å². The molecule has 1 aliphatic carbocycles. The number of nitrogens with zero attached hydrogens (tertiary/aromatic N) is 4. The van der Waals surface area contributed by atoms with Crippen LogP contribution in [0.1, 0.15) is 11.1 Å². The third-order valence-corrected chi connectivity index (χ3v) is 8.82. The van der Waals surface area contributed by atoms with E-state index in [1.54, 1.807) is 0 Å². The largest absolute Gasteiger partial charge is 0.327 e. The maximum Gasteiger partial charge on any atom is 0.140 e. The molecular formula is C38H26N4. The van der Waals surface area contributed by atoms with Gasteiger partial charge in [0, 0.05) is 40.8 Å². The smallest absolute Gasteiger partial charge is 0.140 e. The van der Waals surface area contributed by atoms with Crippen LogP contribution in [0.25, 0.3) is 72.3 Å². The summed E-state index contributed by atoms with van der Waals surface area (Å²) in [6, 6.07) is 43.4. The number of fused-ring (bicyclic) bond motifs is 8. The highest BCUT2D eigenvalue weighted by Crippen LogP contribution is 2.45. The van der Waals surface area contributed by atoms with E-state index in [2.05, 4.69) is 124 Å². The molecule has 0 atom stereocenters. The van der Waals surface area contributed by atoms with Crippen LogP contribution in [0.3, 0.4) is 0 Å². The SMILES string of the molecule is Cn1c(-c2ccc3c4c5c(ccc4n(-c4cccc(-c6ccccn6)c4)c3c2)-c2ccccc2C5)nc2ccccc21. The fourth-order valence-electron chi connectivity index (χ4n) is 6.90. The molecule has 4 nitrogen and oxygen atoms in total. The van der Waals surface area contributed by atoms with Gasteiger partial charge in [0.05, 0.1) is 27.8 Å². The highest BCUT2D eigenvalue weighted by molar-refractivity contribution is 6.14. The summed E-state index contributed by atoms with van der Waals surface area (Å²) in [6.45, 7) is 0. The van der Waals surface area contributed by atoms with Crippen LogP contribution in [-0.4, -0.2) is 19.1 Å². The molecule has 0 spiro atoms. The molecule has 198 valence electrons. The van der Waals surface area contributed by atoms with Gasteiger partial charge >= 0.3 is 0 Å². The Balaban J connectivity index is 1.34. The number of hydrogen-bond acceptors (Lipinski definition) is 2. The van der Waals surface area contributed by atoms with Gasteiger partial charge in [-0.2, -0.15) is 0 Å². The number of benzene rings is 5. The zero-order valence-electron chi connectivity index (χ0n) is 23.1. The number of pyridine rings is 1. The molecule has 3 heterocycles. The van der Waals surface area contributed by atoms with Gasteiger partial charge in [0.1, 0.15) is 5.82 Å². The first-order chi connectivity index (χ1) is 20.7. The Kier molecular flexibility index (Phi) is 4.85. The van der Waals surface area contributed by atoms with Crippen molar-refractivity contribution < 1.29 is 0 Å². The van der Waals surface area contributed by atoms with E-state index in [-0.39, 0.29) is 0 Å². The lowest BCUT2D eigenvalue weighted by Crippen LogP contribution is -1.96. The monoisotopic (exact) mass is 538 g/mol. The molecule has 9 rings (SSSR count). The van der Waals surface area contributed by atoms with Crippen molar-refractivity contribution in [2.24, 2.45) is 7.05 Å². The fourth-order valence-corrected chi connectivity index (χ4v) is 6.90. The first kappa shape index (κ1) is 23.2. The number of aromatic nitrogens is 4. The highest BCUT2D eigenvalue weighted by atomic mass is 15.1. The molecule has 0 radical (unpaired) electrons. The van der Waals surface area contributed by atoms with Crippen LogP contribution in [0.4, 0.5) is 0 Å². The molecule has 0 saturated carbocycles. The van der Waals surface area contributed by atoms with Crippen molar-refractivity contribution in [3.05, 3.63) is 139 Å². The predicted octanol–water partition coefficient (Wildman–Crippen LogP) is 8.97. The zero-order valence-corrected chi connectivity index (χ0v) is 23.1. The Hall–Kier alpha value is -5.48. The minimum absolute atomic E-state index is 0.947. The van der Waals surface area contributed by atoms with E-state index in [9.17, 15) is 0 Å². The summed E-state index contributed by atoms with van der Waals surface area (Å²) >= 11 is 0. The van der Waals surface area contributed by atoms with Gasteiger partial charge in [0.25, 0.3) is 0 Å². The van der Waals surface area contributed by atoms with E-state index in [1.165, 1.54) is 44.1 Å². The summed E-state index contributed by atoms with van der Waals surface area (Å²) in [7, 11) is 2.10. The average molecular weight is 539 g/mol. The van der Waals surface area contributed by atoms with Gasteiger partial charge in [-0.1, -0.05) is 72.8 Å². The summed E-state index contributed by atoms with van der Waals surface area (Å²) in [5.41, 5.74) is 14.3. The van der Waals surface area contributed by atoms with Crippen molar-refractivity contribution in [1.82, 2.24) is 19.1 Å². The Morgan fingerprint density at radius 1 is 0.643 bits per heavy atom. The maximum absolute atomic E-state index is 5.03. The molecule has 0 fully saturated rings. The summed E-state index contributed by atoms with van der Waals surface area (Å²) < 4.78 is 4.62. The lowest BCUT2D eigenvalue weighted by Gasteiger charge is -2.11. The number of hydrogen-bond donors (Lipinski definition) is 0. The third kappa shape index (κ3) is 3.29. The second-order valence-electron chi connectivity index (χ2n) is 11.1. The minimum Gasteiger partial charge on any atom is -0.327 e. The second kappa shape index (κ2) is 8.76. The number of imidazole rings is 1. The van der Waals surface area contributed by atoms with Crippen molar-refractivity contribution >= 4 is 32.8 Å². The molecule has 0 aliphatic heterocycles. The van der Waals surface area contributed by atoms with Crippen LogP contribution in [0, 0.1) is 0 Å². The van der Waals surface area contributed by atoms with Gasteiger partial charge in [-0.3, -0.25) is 4.98 Å². The average Bonchev–Trinajstić information content (AvgIpc) is 3.70.